The number of hydrogen-bond donors (Lipinski definition) is 0. The molecule has 0 N–H and O–H groups in total. The minimum absolute atomic E-state index is 0.511. The van der Waals surface area contributed by atoms with E-state index in [1.54, 1.807) is 0 Å². The van der Waals surface area contributed by atoms with Crippen molar-refractivity contribution in [2.24, 2.45) is 0 Å². The second-order valence-electron chi connectivity index (χ2n) is 19.8. The van der Waals surface area contributed by atoms with Crippen LogP contribution in [-0.4, -0.2) is 0 Å². The van der Waals surface area contributed by atoms with Gasteiger partial charge < -0.3 is 18.5 Å². The van der Waals surface area contributed by atoms with Crippen molar-refractivity contribution in [2.45, 2.75) is 10.8 Å². The Morgan fingerprint density at radius 1 is 0.278 bits per heavy atom. The Kier molecular flexibility index (Phi) is 7.31. The maximum absolute atomic E-state index is 7.15. The number of para-hydroxylation sites is 3. The highest BCUT2D eigenvalue weighted by Gasteiger charge is 2.53. The van der Waals surface area contributed by atoms with Crippen molar-refractivity contribution in [3.8, 4) is 44.9 Å². The summed E-state index contributed by atoms with van der Waals surface area (Å²) in [6.45, 7) is 0. The summed E-state index contributed by atoms with van der Waals surface area (Å²) >= 11 is 0. The summed E-state index contributed by atoms with van der Waals surface area (Å²) < 4.78 is 20.5. The van der Waals surface area contributed by atoms with E-state index in [0.29, 0.717) is 0 Å². The zero-order valence-corrected chi connectivity index (χ0v) is 38.7. The van der Waals surface area contributed by atoms with Crippen LogP contribution >= 0.6 is 0 Å². The Bertz CT molecular complexity index is 4420. The van der Waals surface area contributed by atoms with Crippen molar-refractivity contribution in [2.75, 3.05) is 4.90 Å². The molecule has 2 spiro atoms. The molecule has 0 bridgehead atoms. The molecule has 0 radical (unpaired) electrons. The van der Waals surface area contributed by atoms with Crippen molar-refractivity contribution in [1.82, 2.24) is 0 Å². The average molecular weight is 918 g/mol. The Balaban J connectivity index is 0.949. The summed E-state index contributed by atoms with van der Waals surface area (Å²) in [6.07, 6.45) is 0. The topological polar surface area (TPSA) is 38.8 Å². The van der Waals surface area contributed by atoms with Crippen LogP contribution in [0.2, 0.25) is 0 Å². The third kappa shape index (κ3) is 4.63. The SMILES string of the molecule is c1ccc2c(c1)Oc1ccccc1C21c2ccccc2-c2cc3c(cc21)oc1cccc(N(c2ccc4c(c2)C2(c5ccccc5-c5ccccc52)c2ccccc2-4)c2ccc4c(c2)oc2ccccc24)c13. The predicted molar refractivity (Wildman–Crippen MR) is 289 cm³/mol. The van der Waals surface area contributed by atoms with E-state index in [4.69, 9.17) is 13.6 Å². The number of ether oxygens (including phenoxy) is 1. The van der Waals surface area contributed by atoms with Crippen LogP contribution in [0.4, 0.5) is 17.1 Å². The molecule has 4 aliphatic rings. The summed E-state index contributed by atoms with van der Waals surface area (Å²) in [5, 5.41) is 4.29. The highest BCUT2D eigenvalue weighted by atomic mass is 16.5. The first-order valence-electron chi connectivity index (χ1n) is 24.8. The summed E-state index contributed by atoms with van der Waals surface area (Å²) in [6, 6.07) is 86.4. The van der Waals surface area contributed by atoms with Crippen LogP contribution in [0.5, 0.6) is 11.5 Å². The molecule has 3 heterocycles. The van der Waals surface area contributed by atoms with E-state index >= 15 is 0 Å². The second-order valence-corrected chi connectivity index (χ2v) is 19.8. The van der Waals surface area contributed by atoms with E-state index in [1.807, 2.05) is 6.07 Å². The van der Waals surface area contributed by atoms with E-state index in [9.17, 15) is 0 Å². The monoisotopic (exact) mass is 917 g/mol. The zero-order valence-electron chi connectivity index (χ0n) is 38.7. The fourth-order valence-electron chi connectivity index (χ4n) is 13.8. The highest BCUT2D eigenvalue weighted by Crippen LogP contribution is 2.65. The molecule has 4 heteroatoms. The molecule has 3 aliphatic carbocycles. The summed E-state index contributed by atoms with van der Waals surface area (Å²) in [4.78, 5) is 2.43. The molecule has 11 aromatic carbocycles. The molecule has 0 saturated carbocycles. The van der Waals surface area contributed by atoms with E-state index in [1.165, 1.54) is 66.8 Å². The van der Waals surface area contributed by atoms with Crippen molar-refractivity contribution in [3.63, 3.8) is 0 Å². The highest BCUT2D eigenvalue weighted by molar-refractivity contribution is 6.16. The van der Waals surface area contributed by atoms with Crippen molar-refractivity contribution < 1.29 is 13.6 Å². The lowest BCUT2D eigenvalue weighted by atomic mass is 9.66. The molecule has 13 aromatic rings. The zero-order chi connectivity index (χ0) is 46.9. The van der Waals surface area contributed by atoms with Gasteiger partial charge in [-0.15, -0.1) is 0 Å². The second kappa shape index (κ2) is 13.7. The van der Waals surface area contributed by atoms with Crippen LogP contribution in [-0.2, 0) is 10.8 Å². The number of furan rings is 2. The molecule has 1 aliphatic heterocycles. The smallest absolute Gasteiger partial charge is 0.137 e. The van der Waals surface area contributed by atoms with E-state index < -0.39 is 10.8 Å². The minimum atomic E-state index is -0.614. The van der Waals surface area contributed by atoms with Gasteiger partial charge in [-0.3, -0.25) is 0 Å². The van der Waals surface area contributed by atoms with E-state index in [0.717, 1.165) is 83.6 Å². The molecule has 0 atom stereocenters. The number of rotatable bonds is 3. The summed E-state index contributed by atoms with van der Waals surface area (Å²) in [5.41, 5.74) is 22.7. The van der Waals surface area contributed by atoms with Crippen molar-refractivity contribution in [1.29, 1.82) is 0 Å². The lowest BCUT2D eigenvalue weighted by Gasteiger charge is -2.39. The molecule has 0 unspecified atom stereocenters. The fourth-order valence-corrected chi connectivity index (χ4v) is 13.8. The van der Waals surface area contributed by atoms with Crippen LogP contribution < -0.4 is 9.64 Å². The third-order valence-corrected chi connectivity index (χ3v) is 16.5. The van der Waals surface area contributed by atoms with E-state index in [2.05, 4.69) is 235 Å². The van der Waals surface area contributed by atoms with Gasteiger partial charge in [0.2, 0.25) is 0 Å². The lowest BCUT2D eigenvalue weighted by molar-refractivity contribution is 0.436. The summed E-state index contributed by atoms with van der Waals surface area (Å²) in [5.74, 6) is 1.73. The quantitative estimate of drug-likeness (QED) is 0.177. The number of nitrogens with zero attached hydrogens (tertiary/aromatic N) is 1. The first kappa shape index (κ1) is 38.5. The van der Waals surface area contributed by atoms with Gasteiger partial charge in [-0.05, 0) is 133 Å². The Morgan fingerprint density at radius 3 is 1.40 bits per heavy atom. The first-order chi connectivity index (χ1) is 35.7. The Hall–Kier alpha value is -9.38. The van der Waals surface area contributed by atoms with Gasteiger partial charge in [0.1, 0.15) is 33.8 Å². The molecule has 0 saturated heterocycles. The molecule has 0 fully saturated rings. The number of fused-ring (bicyclic) bond motifs is 25. The normalized spacial score (nSPS) is 14.4. The van der Waals surface area contributed by atoms with Gasteiger partial charge >= 0.3 is 0 Å². The molecule has 72 heavy (non-hydrogen) atoms. The molecular formula is C68H39NO3. The predicted octanol–water partition coefficient (Wildman–Crippen LogP) is 17.8. The largest absolute Gasteiger partial charge is 0.457 e. The van der Waals surface area contributed by atoms with Gasteiger partial charge in [-0.2, -0.15) is 0 Å². The van der Waals surface area contributed by atoms with Gasteiger partial charge in [0.25, 0.3) is 0 Å². The molecule has 0 amide bonds. The number of benzene rings is 11. The third-order valence-electron chi connectivity index (χ3n) is 16.5. The Morgan fingerprint density at radius 2 is 0.736 bits per heavy atom. The van der Waals surface area contributed by atoms with E-state index in [-0.39, 0.29) is 0 Å². The van der Waals surface area contributed by atoms with Crippen LogP contribution in [0.3, 0.4) is 0 Å². The maximum Gasteiger partial charge on any atom is 0.137 e. The van der Waals surface area contributed by atoms with Gasteiger partial charge in [0.05, 0.1) is 21.9 Å². The van der Waals surface area contributed by atoms with Crippen molar-refractivity contribution >= 4 is 60.9 Å². The molecule has 334 valence electrons. The summed E-state index contributed by atoms with van der Waals surface area (Å²) in [7, 11) is 0. The van der Waals surface area contributed by atoms with Gasteiger partial charge in [-0.25, -0.2) is 0 Å². The maximum atomic E-state index is 7.15. The minimum Gasteiger partial charge on any atom is -0.457 e. The molecular weight excluding hydrogens is 879 g/mol. The molecule has 2 aromatic heterocycles. The van der Waals surface area contributed by atoms with Gasteiger partial charge in [-0.1, -0.05) is 164 Å². The number of hydrogen-bond acceptors (Lipinski definition) is 4. The van der Waals surface area contributed by atoms with Crippen LogP contribution in [0.25, 0.3) is 77.3 Å². The molecule has 4 nitrogen and oxygen atoms in total. The Labute approximate surface area is 414 Å². The van der Waals surface area contributed by atoms with Crippen molar-refractivity contribution in [3.05, 3.63) is 281 Å². The first-order valence-corrected chi connectivity index (χ1v) is 24.8. The van der Waals surface area contributed by atoms with Crippen LogP contribution in [0.15, 0.2) is 245 Å². The van der Waals surface area contributed by atoms with Crippen LogP contribution in [0, 0.1) is 0 Å². The lowest BCUT2D eigenvalue weighted by Crippen LogP contribution is -2.32. The standard InChI is InChI=1S/C68H39NO3/c1-6-21-51-42(16-1)43-17-2-7-22-52(43)67(51)53-23-8-3-18-44(53)46-34-32-40(36-57(46)67)69(41-33-35-48-47-20-5-12-28-60(47)70-64(48)37-41)59-27-15-31-63-66(59)50-38-49-45-19-4-9-24-54(45)68(58(49)39-65(50)72-63)55-25-10-13-29-61(55)71-62-30-14-11-26-56(62)68/h1-39H. The van der Waals surface area contributed by atoms with Gasteiger partial charge in [0, 0.05) is 44.7 Å². The molecule has 17 rings (SSSR count). The van der Waals surface area contributed by atoms with Crippen LogP contribution in [0.1, 0.15) is 44.5 Å². The average Bonchev–Trinajstić information content (AvgIpc) is 4.22. The fraction of sp³-hybridized carbons (Fsp3) is 0.0294. The number of anilines is 3. The van der Waals surface area contributed by atoms with Gasteiger partial charge in [0.15, 0.2) is 0 Å².